The molecule has 0 aromatic carbocycles. The Kier molecular flexibility index (Phi) is 7.66. The van der Waals surface area contributed by atoms with Crippen molar-refractivity contribution in [3.05, 3.63) is 0 Å². The molecule has 0 aromatic heterocycles. The Morgan fingerprint density at radius 2 is 1.67 bits per heavy atom. The summed E-state index contributed by atoms with van der Waals surface area (Å²) >= 11 is 0. The van der Waals surface area contributed by atoms with Crippen LogP contribution in [0.3, 0.4) is 0 Å². The third kappa shape index (κ3) is 7.36. The average Bonchev–Trinajstić information content (AvgIpc) is 2.97. The van der Waals surface area contributed by atoms with Gasteiger partial charge in [-0.1, -0.05) is 0 Å². The zero-order valence-corrected chi connectivity index (χ0v) is 17.8. The van der Waals surface area contributed by atoms with E-state index in [0.717, 1.165) is 0 Å². The van der Waals surface area contributed by atoms with Gasteiger partial charge in [0.2, 0.25) is 5.91 Å². The molecule has 0 spiro atoms. The van der Waals surface area contributed by atoms with E-state index < -0.39 is 41.5 Å². The lowest BCUT2D eigenvalue weighted by Crippen LogP contribution is -2.57. The first kappa shape index (κ1) is 23.2. The zero-order valence-electron chi connectivity index (χ0n) is 17.8. The van der Waals surface area contributed by atoms with E-state index in [-0.39, 0.29) is 5.91 Å². The van der Waals surface area contributed by atoms with Crippen LogP contribution in [0.5, 0.6) is 0 Å². The SMILES string of the molecule is COC(=O)[C@@H]1CCCN1C(=O)[C@@H](NC(=O)OC(C)(C)C)[C@@H](C)OC(C)(C)C. The number of likely N-dealkylation sites (tertiary alicyclic amines) is 1. The molecule has 0 saturated carbocycles. The maximum absolute atomic E-state index is 13.2. The van der Waals surface area contributed by atoms with Gasteiger partial charge in [-0.25, -0.2) is 9.59 Å². The van der Waals surface area contributed by atoms with E-state index in [0.29, 0.717) is 19.4 Å². The highest BCUT2D eigenvalue weighted by Gasteiger charge is 2.41. The van der Waals surface area contributed by atoms with E-state index in [1.54, 1.807) is 27.7 Å². The minimum absolute atomic E-state index is 0.384. The molecule has 0 radical (unpaired) electrons. The fourth-order valence-electron chi connectivity index (χ4n) is 3.03. The van der Waals surface area contributed by atoms with E-state index in [1.807, 2.05) is 20.8 Å². The molecule has 1 heterocycles. The number of nitrogens with one attached hydrogen (secondary N) is 1. The van der Waals surface area contributed by atoms with E-state index in [1.165, 1.54) is 12.0 Å². The molecule has 3 atom stereocenters. The van der Waals surface area contributed by atoms with Gasteiger partial charge in [0.15, 0.2) is 0 Å². The van der Waals surface area contributed by atoms with Crippen molar-refractivity contribution in [2.24, 2.45) is 0 Å². The number of amides is 2. The number of hydrogen-bond acceptors (Lipinski definition) is 6. The second-order valence-corrected chi connectivity index (χ2v) is 8.77. The highest BCUT2D eigenvalue weighted by atomic mass is 16.6. The van der Waals surface area contributed by atoms with Crippen LogP contribution >= 0.6 is 0 Å². The Hall–Kier alpha value is -1.83. The number of alkyl carbamates (subject to hydrolysis) is 1. The molecular formula is C19H34N2O6. The zero-order chi connectivity index (χ0) is 21.0. The fraction of sp³-hybridized carbons (Fsp3) is 0.842. The van der Waals surface area contributed by atoms with Crippen molar-refractivity contribution in [1.82, 2.24) is 10.2 Å². The predicted molar refractivity (Wildman–Crippen MR) is 100 cm³/mol. The summed E-state index contributed by atoms with van der Waals surface area (Å²) in [5, 5.41) is 2.62. The quantitative estimate of drug-likeness (QED) is 0.728. The fourth-order valence-corrected chi connectivity index (χ4v) is 3.03. The number of carbonyl (C=O) groups is 3. The summed E-state index contributed by atoms with van der Waals surface area (Å²) in [6.45, 7) is 13.0. The van der Waals surface area contributed by atoms with Crippen molar-refractivity contribution in [2.75, 3.05) is 13.7 Å². The Bertz CT molecular complexity index is 549. The lowest BCUT2D eigenvalue weighted by molar-refractivity contribution is -0.154. The third-order valence-electron chi connectivity index (χ3n) is 3.96. The first-order chi connectivity index (χ1) is 12.2. The van der Waals surface area contributed by atoms with Gasteiger partial charge in [0, 0.05) is 6.54 Å². The Morgan fingerprint density at radius 1 is 1.07 bits per heavy atom. The second-order valence-electron chi connectivity index (χ2n) is 8.77. The Labute approximate surface area is 161 Å². The minimum atomic E-state index is -0.982. The monoisotopic (exact) mass is 386 g/mol. The van der Waals surface area contributed by atoms with E-state index in [9.17, 15) is 14.4 Å². The minimum Gasteiger partial charge on any atom is -0.467 e. The Balaban J connectivity index is 3.03. The molecule has 2 amide bonds. The molecule has 1 aliphatic rings. The summed E-state index contributed by atoms with van der Waals surface area (Å²) in [6, 6.07) is -1.63. The lowest BCUT2D eigenvalue weighted by atomic mass is 10.1. The highest BCUT2D eigenvalue weighted by Crippen LogP contribution is 2.22. The number of methoxy groups -OCH3 is 1. The number of rotatable bonds is 5. The summed E-state index contributed by atoms with van der Waals surface area (Å²) in [6.07, 6.45) is -0.103. The van der Waals surface area contributed by atoms with Gasteiger partial charge in [0.1, 0.15) is 17.7 Å². The number of nitrogens with zero attached hydrogens (tertiary/aromatic N) is 1. The molecule has 1 rings (SSSR count). The van der Waals surface area contributed by atoms with E-state index in [4.69, 9.17) is 14.2 Å². The van der Waals surface area contributed by atoms with Gasteiger partial charge in [0.05, 0.1) is 18.8 Å². The molecular weight excluding hydrogens is 352 g/mol. The van der Waals surface area contributed by atoms with Crippen molar-refractivity contribution in [3.8, 4) is 0 Å². The molecule has 1 saturated heterocycles. The summed E-state index contributed by atoms with van der Waals surface area (Å²) in [4.78, 5) is 38.9. The van der Waals surface area contributed by atoms with E-state index >= 15 is 0 Å². The van der Waals surface area contributed by atoms with Crippen molar-refractivity contribution < 1.29 is 28.6 Å². The van der Waals surface area contributed by atoms with E-state index in [2.05, 4.69) is 5.32 Å². The first-order valence-electron chi connectivity index (χ1n) is 9.31. The van der Waals surface area contributed by atoms with Crippen molar-refractivity contribution in [2.45, 2.75) is 90.7 Å². The molecule has 0 aliphatic carbocycles. The van der Waals surface area contributed by atoms with Crippen LogP contribution < -0.4 is 5.32 Å². The van der Waals surface area contributed by atoms with Crippen LogP contribution in [0.1, 0.15) is 61.3 Å². The lowest BCUT2D eigenvalue weighted by Gasteiger charge is -2.34. The summed E-state index contributed by atoms with van der Waals surface area (Å²) in [5.74, 6) is -0.841. The third-order valence-corrected chi connectivity index (χ3v) is 3.96. The molecule has 0 unspecified atom stereocenters. The Morgan fingerprint density at radius 3 is 2.15 bits per heavy atom. The molecule has 1 fully saturated rings. The summed E-state index contributed by atoms with van der Waals surface area (Å²) in [7, 11) is 1.30. The van der Waals surface area contributed by atoms with Gasteiger partial charge < -0.3 is 24.4 Å². The summed E-state index contributed by atoms with van der Waals surface area (Å²) in [5.41, 5.74) is -1.21. The molecule has 8 nitrogen and oxygen atoms in total. The standard InChI is InChI=1S/C19H34N2O6/c1-12(26-18(2,3)4)14(20-17(24)27-19(5,6)7)15(22)21-11-9-10-13(21)16(23)25-8/h12-14H,9-11H2,1-8H3,(H,20,24)/t12-,13+,14+/m1/s1. The topological polar surface area (TPSA) is 94.2 Å². The van der Waals surface area contributed by atoms with Gasteiger partial charge in [-0.2, -0.15) is 0 Å². The van der Waals surface area contributed by atoms with Gasteiger partial charge in [-0.3, -0.25) is 4.79 Å². The maximum atomic E-state index is 13.2. The predicted octanol–water partition coefficient (Wildman–Crippen LogP) is 2.25. The number of ether oxygens (including phenoxy) is 3. The molecule has 0 aromatic rings. The van der Waals surface area contributed by atoms with Crippen molar-refractivity contribution >= 4 is 18.0 Å². The van der Waals surface area contributed by atoms with Gasteiger partial charge in [-0.05, 0) is 61.3 Å². The smallest absolute Gasteiger partial charge is 0.408 e. The van der Waals surface area contributed by atoms with Crippen LogP contribution in [0.4, 0.5) is 4.79 Å². The number of esters is 1. The molecule has 1 aliphatic heterocycles. The van der Waals surface area contributed by atoms with Crippen LogP contribution in [0.2, 0.25) is 0 Å². The van der Waals surface area contributed by atoms with Crippen LogP contribution in [0.15, 0.2) is 0 Å². The summed E-state index contributed by atoms with van der Waals surface area (Å²) < 4.78 is 16.0. The molecule has 156 valence electrons. The molecule has 1 N–H and O–H groups in total. The van der Waals surface area contributed by atoms with Crippen LogP contribution in [0.25, 0.3) is 0 Å². The van der Waals surface area contributed by atoms with Gasteiger partial charge in [0.25, 0.3) is 0 Å². The molecule has 0 bridgehead atoms. The van der Waals surface area contributed by atoms with Crippen molar-refractivity contribution in [3.63, 3.8) is 0 Å². The number of carbonyl (C=O) groups excluding carboxylic acids is 3. The van der Waals surface area contributed by atoms with Crippen LogP contribution in [-0.2, 0) is 23.8 Å². The number of hydrogen-bond donors (Lipinski definition) is 1. The van der Waals surface area contributed by atoms with Gasteiger partial charge in [-0.15, -0.1) is 0 Å². The van der Waals surface area contributed by atoms with Crippen LogP contribution in [0, 0.1) is 0 Å². The highest BCUT2D eigenvalue weighted by molar-refractivity contribution is 5.90. The molecule has 27 heavy (non-hydrogen) atoms. The first-order valence-corrected chi connectivity index (χ1v) is 9.31. The molecule has 8 heteroatoms. The van der Waals surface area contributed by atoms with Crippen molar-refractivity contribution in [1.29, 1.82) is 0 Å². The maximum Gasteiger partial charge on any atom is 0.408 e. The van der Waals surface area contributed by atoms with Gasteiger partial charge >= 0.3 is 12.1 Å². The average molecular weight is 386 g/mol. The van der Waals surface area contributed by atoms with Crippen LogP contribution in [-0.4, -0.2) is 65.9 Å². The normalized spacial score (nSPS) is 20.0. The second kappa shape index (κ2) is 8.91. The largest absolute Gasteiger partial charge is 0.467 e.